The van der Waals surface area contributed by atoms with Crippen LogP contribution in [0.15, 0.2) is 36.9 Å². The van der Waals surface area contributed by atoms with Crippen molar-refractivity contribution in [3.63, 3.8) is 0 Å². The first kappa shape index (κ1) is 16.2. The highest BCUT2D eigenvalue weighted by Gasteiger charge is 2.05. The molecule has 1 aromatic rings. The molecule has 0 spiro atoms. The predicted octanol–water partition coefficient (Wildman–Crippen LogP) is 2.68. The average Bonchev–Trinajstić information content (AvgIpc) is 2.42. The third-order valence-corrected chi connectivity index (χ3v) is 3.16. The van der Waals surface area contributed by atoms with Crippen molar-refractivity contribution in [2.45, 2.75) is 25.7 Å². The molecule has 0 aliphatic rings. The fourth-order valence-corrected chi connectivity index (χ4v) is 2.06. The number of benzene rings is 1. The van der Waals surface area contributed by atoms with Crippen LogP contribution in [0.25, 0.3) is 0 Å². The highest BCUT2D eigenvalue weighted by molar-refractivity contribution is 5.66. The summed E-state index contributed by atoms with van der Waals surface area (Å²) in [5.74, 6) is -0.470. The first-order chi connectivity index (χ1) is 9.61. The van der Waals surface area contributed by atoms with Crippen LogP contribution in [0.4, 0.5) is 0 Å². The molecular weight excluding hydrogens is 254 g/mol. The molecule has 0 heterocycles. The molecule has 0 saturated heterocycles. The number of carboxylic acids is 1. The van der Waals surface area contributed by atoms with E-state index >= 15 is 0 Å². The highest BCUT2D eigenvalue weighted by Crippen LogP contribution is 2.12. The summed E-state index contributed by atoms with van der Waals surface area (Å²) in [7, 11) is 0. The maximum atomic E-state index is 10.6. The van der Waals surface area contributed by atoms with Gasteiger partial charge in [-0.2, -0.15) is 0 Å². The van der Waals surface area contributed by atoms with E-state index < -0.39 is 5.97 Å². The van der Waals surface area contributed by atoms with Crippen LogP contribution < -0.4 is 0 Å². The minimum Gasteiger partial charge on any atom is -0.508 e. The molecule has 0 radical (unpaired) electrons. The Labute approximate surface area is 120 Å². The standard InChI is InChI=1S/C16H23NO3/c1-2-11-17(13-10-16(19)20)12-4-3-5-14-6-8-15(18)9-7-14/h2,6-9,18H,1,3-5,10-13H2,(H,19,20). The van der Waals surface area contributed by atoms with Gasteiger partial charge in [-0.05, 0) is 43.5 Å². The second-order valence-corrected chi connectivity index (χ2v) is 4.86. The highest BCUT2D eigenvalue weighted by atomic mass is 16.4. The molecule has 110 valence electrons. The zero-order valence-electron chi connectivity index (χ0n) is 11.8. The van der Waals surface area contributed by atoms with Crippen LogP contribution in [0, 0.1) is 0 Å². The van der Waals surface area contributed by atoms with E-state index in [0.717, 1.165) is 32.4 Å². The van der Waals surface area contributed by atoms with Crippen molar-refractivity contribution in [3.8, 4) is 5.75 Å². The Morgan fingerprint density at radius 1 is 1.20 bits per heavy atom. The molecule has 1 aromatic carbocycles. The lowest BCUT2D eigenvalue weighted by Crippen LogP contribution is -2.27. The van der Waals surface area contributed by atoms with Crippen LogP contribution in [0.5, 0.6) is 5.75 Å². The van der Waals surface area contributed by atoms with Crippen molar-refractivity contribution in [2.24, 2.45) is 0 Å². The number of aromatic hydroxyl groups is 1. The van der Waals surface area contributed by atoms with Gasteiger partial charge in [-0.25, -0.2) is 0 Å². The van der Waals surface area contributed by atoms with Gasteiger partial charge in [-0.15, -0.1) is 6.58 Å². The topological polar surface area (TPSA) is 60.8 Å². The summed E-state index contributed by atoms with van der Waals surface area (Å²) in [5, 5.41) is 17.9. The Morgan fingerprint density at radius 2 is 1.90 bits per heavy atom. The lowest BCUT2D eigenvalue weighted by Gasteiger charge is -2.19. The van der Waals surface area contributed by atoms with Crippen LogP contribution in [0.3, 0.4) is 0 Å². The number of hydrogen-bond acceptors (Lipinski definition) is 3. The maximum absolute atomic E-state index is 10.6. The quantitative estimate of drug-likeness (QED) is 0.510. The molecular formula is C16H23NO3. The van der Waals surface area contributed by atoms with E-state index in [2.05, 4.69) is 11.5 Å². The molecule has 0 fully saturated rings. The fraction of sp³-hybridized carbons (Fsp3) is 0.438. The fourth-order valence-electron chi connectivity index (χ4n) is 2.06. The zero-order valence-corrected chi connectivity index (χ0v) is 11.8. The number of phenolic OH excluding ortho intramolecular Hbond substituents is 1. The van der Waals surface area contributed by atoms with E-state index in [0.29, 0.717) is 12.3 Å². The molecule has 0 aliphatic carbocycles. The Morgan fingerprint density at radius 3 is 2.50 bits per heavy atom. The van der Waals surface area contributed by atoms with Crippen LogP contribution in [-0.2, 0) is 11.2 Å². The van der Waals surface area contributed by atoms with E-state index in [-0.39, 0.29) is 6.42 Å². The molecule has 0 unspecified atom stereocenters. The normalized spacial score (nSPS) is 10.7. The first-order valence-corrected chi connectivity index (χ1v) is 6.94. The molecule has 0 amide bonds. The van der Waals surface area contributed by atoms with Gasteiger partial charge < -0.3 is 10.2 Å². The van der Waals surface area contributed by atoms with E-state index in [9.17, 15) is 9.90 Å². The lowest BCUT2D eigenvalue weighted by molar-refractivity contribution is -0.137. The smallest absolute Gasteiger partial charge is 0.304 e. The van der Waals surface area contributed by atoms with Crippen LogP contribution in [-0.4, -0.2) is 40.7 Å². The largest absolute Gasteiger partial charge is 0.508 e. The second-order valence-electron chi connectivity index (χ2n) is 4.86. The Kier molecular flexibility index (Phi) is 7.43. The number of rotatable bonds is 10. The summed E-state index contributed by atoms with van der Waals surface area (Å²) in [6.45, 7) is 5.88. The molecule has 0 aliphatic heterocycles. The van der Waals surface area contributed by atoms with Gasteiger partial charge in [0.05, 0.1) is 6.42 Å². The van der Waals surface area contributed by atoms with Gasteiger partial charge in [0, 0.05) is 13.1 Å². The summed E-state index contributed by atoms with van der Waals surface area (Å²) >= 11 is 0. The van der Waals surface area contributed by atoms with Crippen molar-refractivity contribution >= 4 is 5.97 Å². The maximum Gasteiger partial charge on any atom is 0.304 e. The van der Waals surface area contributed by atoms with Crippen molar-refractivity contribution in [1.82, 2.24) is 4.90 Å². The summed E-state index contributed by atoms with van der Waals surface area (Å²) in [6, 6.07) is 7.26. The minimum atomic E-state index is -0.761. The van der Waals surface area contributed by atoms with E-state index in [4.69, 9.17) is 5.11 Å². The van der Waals surface area contributed by atoms with Crippen molar-refractivity contribution < 1.29 is 15.0 Å². The number of aryl methyl sites for hydroxylation is 1. The average molecular weight is 277 g/mol. The van der Waals surface area contributed by atoms with Gasteiger partial charge in [-0.3, -0.25) is 9.69 Å². The van der Waals surface area contributed by atoms with Gasteiger partial charge >= 0.3 is 5.97 Å². The van der Waals surface area contributed by atoms with Crippen LogP contribution in [0.2, 0.25) is 0 Å². The molecule has 4 nitrogen and oxygen atoms in total. The molecule has 4 heteroatoms. The third-order valence-electron chi connectivity index (χ3n) is 3.16. The molecule has 0 bridgehead atoms. The number of phenols is 1. The number of aliphatic carboxylic acids is 1. The Bertz CT molecular complexity index is 414. The first-order valence-electron chi connectivity index (χ1n) is 6.94. The van der Waals surface area contributed by atoms with Gasteiger partial charge in [0.2, 0.25) is 0 Å². The summed E-state index contributed by atoms with van der Waals surface area (Å²) in [6.07, 6.45) is 5.02. The molecule has 0 aromatic heterocycles. The number of unbranched alkanes of at least 4 members (excludes halogenated alkanes) is 1. The van der Waals surface area contributed by atoms with Crippen LogP contribution >= 0.6 is 0 Å². The number of hydrogen-bond donors (Lipinski definition) is 2. The molecule has 1 rings (SSSR count). The van der Waals surface area contributed by atoms with Crippen molar-refractivity contribution in [2.75, 3.05) is 19.6 Å². The van der Waals surface area contributed by atoms with Gasteiger partial charge in [0.1, 0.15) is 5.75 Å². The summed E-state index contributed by atoms with van der Waals surface area (Å²) in [5.41, 5.74) is 1.21. The minimum absolute atomic E-state index is 0.172. The number of nitrogens with zero attached hydrogens (tertiary/aromatic N) is 1. The van der Waals surface area contributed by atoms with Crippen molar-refractivity contribution in [3.05, 3.63) is 42.5 Å². The van der Waals surface area contributed by atoms with Crippen LogP contribution in [0.1, 0.15) is 24.8 Å². The van der Waals surface area contributed by atoms with E-state index in [1.165, 1.54) is 5.56 Å². The summed E-state index contributed by atoms with van der Waals surface area (Å²) in [4.78, 5) is 12.7. The molecule has 0 atom stereocenters. The third kappa shape index (κ3) is 6.95. The van der Waals surface area contributed by atoms with Crippen molar-refractivity contribution in [1.29, 1.82) is 0 Å². The Hall–Kier alpha value is -1.81. The van der Waals surface area contributed by atoms with E-state index in [1.807, 2.05) is 18.2 Å². The molecule has 20 heavy (non-hydrogen) atoms. The van der Waals surface area contributed by atoms with Gasteiger partial charge in [0.15, 0.2) is 0 Å². The van der Waals surface area contributed by atoms with Gasteiger partial charge in [0.25, 0.3) is 0 Å². The van der Waals surface area contributed by atoms with Gasteiger partial charge in [-0.1, -0.05) is 18.2 Å². The molecule has 2 N–H and O–H groups in total. The number of carboxylic acid groups (broad SMARTS) is 1. The zero-order chi connectivity index (χ0) is 14.8. The van der Waals surface area contributed by atoms with E-state index in [1.54, 1.807) is 12.1 Å². The predicted molar refractivity (Wildman–Crippen MR) is 79.9 cm³/mol. The monoisotopic (exact) mass is 277 g/mol. The summed E-state index contributed by atoms with van der Waals surface area (Å²) < 4.78 is 0. The SMILES string of the molecule is C=CCN(CCCCc1ccc(O)cc1)CCC(=O)O. The number of carbonyl (C=O) groups is 1. The molecule has 0 saturated carbocycles. The second kappa shape index (κ2) is 9.15. The lowest BCUT2D eigenvalue weighted by atomic mass is 10.1. The Balaban J connectivity index is 2.24.